The highest BCUT2D eigenvalue weighted by Crippen LogP contribution is 2.24. The molecule has 29 heavy (non-hydrogen) atoms. The van der Waals surface area contributed by atoms with Gasteiger partial charge in [0, 0.05) is 31.1 Å². The van der Waals surface area contributed by atoms with Crippen LogP contribution in [0, 0.1) is 13.8 Å². The van der Waals surface area contributed by atoms with Gasteiger partial charge in [-0.2, -0.15) is 0 Å². The van der Waals surface area contributed by atoms with Gasteiger partial charge in [0.1, 0.15) is 17.3 Å². The van der Waals surface area contributed by atoms with E-state index in [4.69, 9.17) is 25.5 Å². The van der Waals surface area contributed by atoms with E-state index in [1.165, 1.54) is 0 Å². The lowest BCUT2D eigenvalue weighted by atomic mass is 10.1. The van der Waals surface area contributed by atoms with Gasteiger partial charge in [-0.3, -0.25) is 9.69 Å². The molecule has 1 atom stereocenters. The average molecular weight is 421 g/mol. The molecule has 1 N–H and O–H groups in total. The Morgan fingerprint density at radius 1 is 1.24 bits per heavy atom. The third-order valence-corrected chi connectivity index (χ3v) is 5.44. The highest BCUT2D eigenvalue weighted by Gasteiger charge is 2.25. The van der Waals surface area contributed by atoms with E-state index in [2.05, 4.69) is 10.2 Å². The zero-order chi connectivity index (χ0) is 20.6. The fraction of sp³-hybridized carbons (Fsp3) is 0.500. The number of rotatable bonds is 9. The van der Waals surface area contributed by atoms with E-state index >= 15 is 0 Å². The van der Waals surface area contributed by atoms with Crippen LogP contribution in [0.25, 0.3) is 0 Å². The highest BCUT2D eigenvalue weighted by atomic mass is 35.5. The van der Waals surface area contributed by atoms with E-state index < -0.39 is 0 Å². The van der Waals surface area contributed by atoms with Crippen molar-refractivity contribution in [2.45, 2.75) is 32.7 Å². The van der Waals surface area contributed by atoms with Crippen LogP contribution in [0.4, 0.5) is 0 Å². The van der Waals surface area contributed by atoms with Crippen molar-refractivity contribution >= 4 is 17.5 Å². The molecule has 0 spiro atoms. The summed E-state index contributed by atoms with van der Waals surface area (Å²) in [5, 5.41) is 3.77. The van der Waals surface area contributed by atoms with Gasteiger partial charge in [0.15, 0.2) is 0 Å². The van der Waals surface area contributed by atoms with Crippen molar-refractivity contribution in [3.63, 3.8) is 0 Å². The Labute approximate surface area is 177 Å². The van der Waals surface area contributed by atoms with Crippen LogP contribution >= 0.6 is 11.6 Å². The van der Waals surface area contributed by atoms with Crippen molar-refractivity contribution in [3.05, 3.63) is 52.4 Å². The van der Waals surface area contributed by atoms with Crippen molar-refractivity contribution < 1.29 is 18.7 Å². The number of nitrogens with zero attached hydrogens (tertiary/aromatic N) is 1. The van der Waals surface area contributed by atoms with Crippen LogP contribution in [-0.4, -0.2) is 50.3 Å². The first-order chi connectivity index (χ1) is 14.0. The molecule has 1 aromatic carbocycles. The number of carbonyl (C=O) groups is 1. The average Bonchev–Trinajstić information content (AvgIpc) is 3.15. The molecule has 1 unspecified atom stereocenters. The highest BCUT2D eigenvalue weighted by molar-refractivity contribution is 6.31. The lowest BCUT2D eigenvalue weighted by Crippen LogP contribution is -2.43. The number of ether oxygens (including phenoxy) is 2. The molecule has 1 amide bonds. The molecule has 158 valence electrons. The van der Waals surface area contributed by atoms with Crippen LogP contribution < -0.4 is 10.1 Å². The molecular weight excluding hydrogens is 392 g/mol. The second kappa shape index (κ2) is 10.7. The van der Waals surface area contributed by atoms with Crippen LogP contribution in [0.2, 0.25) is 5.02 Å². The van der Waals surface area contributed by atoms with Crippen molar-refractivity contribution in [2.75, 3.05) is 39.5 Å². The van der Waals surface area contributed by atoms with Crippen molar-refractivity contribution in [1.29, 1.82) is 0 Å². The minimum Gasteiger partial charge on any atom is -0.494 e. The fourth-order valence-electron chi connectivity index (χ4n) is 3.36. The van der Waals surface area contributed by atoms with Crippen LogP contribution in [0.3, 0.4) is 0 Å². The van der Waals surface area contributed by atoms with Gasteiger partial charge in [0.25, 0.3) is 0 Å². The van der Waals surface area contributed by atoms with E-state index in [0.717, 1.165) is 40.9 Å². The molecule has 6 nitrogen and oxygen atoms in total. The molecule has 7 heteroatoms. The minimum atomic E-state index is 0.0161. The molecule has 1 fully saturated rings. The van der Waals surface area contributed by atoms with Crippen molar-refractivity contribution in [3.8, 4) is 5.75 Å². The summed E-state index contributed by atoms with van der Waals surface area (Å²) in [5.74, 6) is 2.54. The summed E-state index contributed by atoms with van der Waals surface area (Å²) in [6, 6.07) is 9.53. The van der Waals surface area contributed by atoms with Crippen molar-refractivity contribution in [1.82, 2.24) is 10.2 Å². The number of carbonyl (C=O) groups excluding carboxylic acids is 1. The molecule has 0 saturated carbocycles. The molecule has 0 bridgehead atoms. The molecule has 1 aliphatic rings. The Hall–Kier alpha value is -2.02. The van der Waals surface area contributed by atoms with Crippen LogP contribution in [0.5, 0.6) is 5.75 Å². The molecular formula is C22H29ClN2O4. The van der Waals surface area contributed by atoms with E-state index in [1.807, 2.05) is 44.2 Å². The molecule has 1 saturated heterocycles. The van der Waals surface area contributed by atoms with E-state index in [-0.39, 0.29) is 11.9 Å². The SMILES string of the molecule is Cc1ccc(C(CNC(=O)CCCOc2ccc(Cl)c(C)c2)N2CCOCC2)o1. The number of benzene rings is 1. The molecule has 3 rings (SSSR count). The van der Waals surface area contributed by atoms with Gasteiger partial charge in [-0.1, -0.05) is 11.6 Å². The maximum absolute atomic E-state index is 12.3. The summed E-state index contributed by atoms with van der Waals surface area (Å²) in [6.45, 7) is 7.93. The number of halogens is 1. The van der Waals surface area contributed by atoms with Gasteiger partial charge >= 0.3 is 0 Å². The smallest absolute Gasteiger partial charge is 0.220 e. The zero-order valence-electron chi connectivity index (χ0n) is 17.1. The van der Waals surface area contributed by atoms with Crippen LogP contribution in [0.1, 0.15) is 36.0 Å². The first-order valence-corrected chi connectivity index (χ1v) is 10.4. The first-order valence-electron chi connectivity index (χ1n) is 10.1. The number of morpholine rings is 1. The number of amides is 1. The quantitative estimate of drug-likeness (QED) is 0.623. The lowest BCUT2D eigenvalue weighted by molar-refractivity contribution is -0.121. The predicted molar refractivity (Wildman–Crippen MR) is 113 cm³/mol. The molecule has 1 aliphatic heterocycles. The number of nitrogens with one attached hydrogen (secondary N) is 1. The van der Waals surface area contributed by atoms with E-state index in [9.17, 15) is 4.79 Å². The van der Waals surface area contributed by atoms with Gasteiger partial charge in [-0.05, 0) is 56.2 Å². The Bertz CT molecular complexity index is 802. The molecule has 0 aliphatic carbocycles. The maximum Gasteiger partial charge on any atom is 0.220 e. The number of furan rings is 1. The minimum absolute atomic E-state index is 0.0161. The second-order valence-electron chi connectivity index (χ2n) is 7.28. The number of hydrogen-bond acceptors (Lipinski definition) is 5. The summed E-state index contributed by atoms with van der Waals surface area (Å²) in [5.41, 5.74) is 0.976. The molecule has 0 radical (unpaired) electrons. The Morgan fingerprint density at radius 2 is 2.03 bits per heavy atom. The fourth-order valence-corrected chi connectivity index (χ4v) is 3.48. The maximum atomic E-state index is 12.3. The summed E-state index contributed by atoms with van der Waals surface area (Å²) < 4.78 is 17.0. The first kappa shape index (κ1) is 21.7. The Kier molecular flexibility index (Phi) is 7.98. The zero-order valence-corrected chi connectivity index (χ0v) is 17.8. The largest absolute Gasteiger partial charge is 0.494 e. The van der Waals surface area contributed by atoms with Gasteiger partial charge in [-0.25, -0.2) is 0 Å². The Morgan fingerprint density at radius 3 is 2.72 bits per heavy atom. The topological polar surface area (TPSA) is 63.9 Å². The molecule has 2 heterocycles. The monoisotopic (exact) mass is 420 g/mol. The number of hydrogen-bond donors (Lipinski definition) is 1. The van der Waals surface area contributed by atoms with E-state index in [0.29, 0.717) is 39.2 Å². The summed E-state index contributed by atoms with van der Waals surface area (Å²) in [6.07, 6.45) is 1.06. The van der Waals surface area contributed by atoms with E-state index in [1.54, 1.807) is 0 Å². The van der Waals surface area contributed by atoms with Crippen LogP contribution in [-0.2, 0) is 9.53 Å². The standard InChI is InChI=1S/C22H29ClN2O4/c1-16-14-18(6-7-19(16)23)28-11-3-4-22(26)24-15-20(21-8-5-17(2)29-21)25-9-12-27-13-10-25/h5-8,14,20H,3-4,9-13,15H2,1-2H3,(H,24,26). The normalized spacial score (nSPS) is 15.8. The predicted octanol–water partition coefficient (Wildman–Crippen LogP) is 3.90. The van der Waals surface area contributed by atoms with Crippen molar-refractivity contribution in [2.24, 2.45) is 0 Å². The van der Waals surface area contributed by atoms with Gasteiger partial charge in [0.05, 0.1) is 25.9 Å². The van der Waals surface area contributed by atoms with Gasteiger partial charge < -0.3 is 19.2 Å². The molecule has 1 aromatic heterocycles. The van der Waals surface area contributed by atoms with Crippen LogP contribution in [0.15, 0.2) is 34.7 Å². The third-order valence-electron chi connectivity index (χ3n) is 5.01. The summed E-state index contributed by atoms with van der Waals surface area (Å²) in [4.78, 5) is 14.6. The van der Waals surface area contributed by atoms with Gasteiger partial charge in [0.2, 0.25) is 5.91 Å². The number of aryl methyl sites for hydroxylation is 2. The second-order valence-corrected chi connectivity index (χ2v) is 7.69. The summed E-state index contributed by atoms with van der Waals surface area (Å²) >= 11 is 6.02. The summed E-state index contributed by atoms with van der Waals surface area (Å²) in [7, 11) is 0. The third kappa shape index (κ3) is 6.49. The molecule has 2 aromatic rings. The Balaban J connectivity index is 1.44. The lowest BCUT2D eigenvalue weighted by Gasteiger charge is -2.33. The van der Waals surface area contributed by atoms with Gasteiger partial charge in [-0.15, -0.1) is 0 Å².